The van der Waals surface area contributed by atoms with Crippen molar-refractivity contribution in [2.45, 2.75) is 18.8 Å². The maximum atomic E-state index is 14.7. The molecule has 2 aliphatic rings. The summed E-state index contributed by atoms with van der Waals surface area (Å²) in [4.78, 5) is 13.2. The fourth-order valence-electron chi connectivity index (χ4n) is 5.33. The van der Waals surface area contributed by atoms with Gasteiger partial charge in [0.1, 0.15) is 11.9 Å². The third-order valence-corrected chi connectivity index (χ3v) is 7.55. The molecular weight excluding hydrogens is 541 g/mol. The number of nitrogens with zero attached hydrogens (tertiary/aromatic N) is 8. The Balaban J connectivity index is 1.02. The maximum Gasteiger partial charge on any atom is 0.225 e. The monoisotopic (exact) mass is 568 g/mol. The van der Waals surface area contributed by atoms with Crippen LogP contribution in [-0.4, -0.2) is 92.4 Å². The molecule has 1 aromatic carbocycles. The van der Waals surface area contributed by atoms with Gasteiger partial charge in [0.25, 0.3) is 0 Å². The number of ether oxygens (including phenoxy) is 1. The number of fused-ring (bicyclic) bond motifs is 3. The Morgan fingerprint density at radius 1 is 1.05 bits per heavy atom. The number of nitrogen functional groups attached to an aromatic ring is 1. The lowest BCUT2D eigenvalue weighted by molar-refractivity contribution is 0.134. The highest BCUT2D eigenvalue weighted by atomic mass is 19.1. The lowest BCUT2D eigenvalue weighted by Crippen LogP contribution is -2.47. The van der Waals surface area contributed by atoms with Crippen molar-refractivity contribution in [2.75, 3.05) is 56.4 Å². The van der Waals surface area contributed by atoms with E-state index in [1.165, 1.54) is 10.6 Å². The van der Waals surface area contributed by atoms with Gasteiger partial charge in [-0.3, -0.25) is 4.90 Å². The Hall–Kier alpha value is -4.37. The second-order valence-electron chi connectivity index (χ2n) is 10.1. The number of hydrogen-bond acceptors (Lipinski definition) is 10. The zero-order chi connectivity index (χ0) is 28.1. The van der Waals surface area contributed by atoms with E-state index >= 15 is 0 Å². The summed E-state index contributed by atoms with van der Waals surface area (Å²) in [5.74, 6) is -0.548. The molecule has 0 amide bonds. The van der Waals surface area contributed by atoms with Crippen molar-refractivity contribution < 1.29 is 22.3 Å². The zero-order valence-corrected chi connectivity index (χ0v) is 21.9. The molecule has 2 aliphatic heterocycles. The standard InChI is InChI=1S/C26H27F3N10O2/c27-16-10-17(28)21(41-22-14-31-13-18(22)29)11-19(16)37-6-3-36(4-7-37)5-8-38-24-15(12-32-38)25-33-23(20-2-1-9-40-20)35-39(25)26(30)34-24/h1-2,9-12,18,22,31H,3-8,13-14H2,(H2,30,34)/t18-,22-/m0/s1. The highest BCUT2D eigenvalue weighted by molar-refractivity contribution is 5.90. The van der Waals surface area contributed by atoms with Gasteiger partial charge in [-0.2, -0.15) is 14.6 Å². The van der Waals surface area contributed by atoms with Gasteiger partial charge in [0.2, 0.25) is 11.8 Å². The Bertz CT molecular complexity index is 1700. The summed E-state index contributed by atoms with van der Waals surface area (Å²) in [6.45, 7) is 4.01. The fourth-order valence-corrected chi connectivity index (χ4v) is 5.33. The van der Waals surface area contributed by atoms with Gasteiger partial charge in [0, 0.05) is 57.9 Å². The van der Waals surface area contributed by atoms with Gasteiger partial charge in [-0.1, -0.05) is 0 Å². The molecule has 15 heteroatoms. The van der Waals surface area contributed by atoms with E-state index in [0.29, 0.717) is 67.5 Å². The van der Waals surface area contributed by atoms with Crippen molar-refractivity contribution in [1.82, 2.24) is 39.6 Å². The Kier molecular flexibility index (Phi) is 6.38. The number of anilines is 2. The Labute approximate surface area is 231 Å². The fraction of sp³-hybridized carbons (Fsp3) is 0.385. The molecule has 5 aromatic rings. The third kappa shape index (κ3) is 4.70. The number of rotatable bonds is 7. The minimum absolute atomic E-state index is 0.143. The summed E-state index contributed by atoms with van der Waals surface area (Å²) in [7, 11) is 0. The predicted octanol–water partition coefficient (Wildman–Crippen LogP) is 2.11. The molecule has 0 bridgehead atoms. The first kappa shape index (κ1) is 25.6. The first-order valence-electron chi connectivity index (χ1n) is 13.3. The molecule has 2 saturated heterocycles. The summed E-state index contributed by atoms with van der Waals surface area (Å²) in [5, 5.41) is 12.5. The molecule has 0 saturated carbocycles. The molecule has 0 aliphatic carbocycles. The van der Waals surface area contributed by atoms with E-state index in [0.717, 1.165) is 6.07 Å². The van der Waals surface area contributed by atoms with Gasteiger partial charge in [-0.05, 0) is 12.1 Å². The van der Waals surface area contributed by atoms with Crippen LogP contribution in [0.5, 0.6) is 5.75 Å². The van der Waals surface area contributed by atoms with Gasteiger partial charge < -0.3 is 25.1 Å². The van der Waals surface area contributed by atoms with Crippen LogP contribution in [-0.2, 0) is 6.54 Å². The zero-order valence-electron chi connectivity index (χ0n) is 21.9. The lowest BCUT2D eigenvalue weighted by atomic mass is 10.2. The Morgan fingerprint density at radius 3 is 2.66 bits per heavy atom. The summed E-state index contributed by atoms with van der Waals surface area (Å²) in [6.07, 6.45) is 1.20. The predicted molar refractivity (Wildman–Crippen MR) is 143 cm³/mol. The van der Waals surface area contributed by atoms with Crippen molar-refractivity contribution >= 4 is 28.3 Å². The lowest BCUT2D eigenvalue weighted by Gasteiger charge is -2.36. The van der Waals surface area contributed by atoms with Crippen molar-refractivity contribution in [2.24, 2.45) is 0 Å². The van der Waals surface area contributed by atoms with Crippen molar-refractivity contribution in [1.29, 1.82) is 0 Å². The van der Waals surface area contributed by atoms with Gasteiger partial charge in [0.05, 0.1) is 30.1 Å². The second kappa shape index (κ2) is 10.2. The number of halogens is 3. The van der Waals surface area contributed by atoms with Crippen molar-refractivity contribution in [3.63, 3.8) is 0 Å². The molecule has 0 radical (unpaired) electrons. The van der Waals surface area contributed by atoms with Crippen LogP contribution in [0.1, 0.15) is 0 Å². The average molecular weight is 569 g/mol. The molecular formula is C26H27F3N10O2. The molecule has 0 unspecified atom stereocenters. The highest BCUT2D eigenvalue weighted by Gasteiger charge is 2.30. The Morgan fingerprint density at radius 2 is 1.90 bits per heavy atom. The molecule has 4 aromatic heterocycles. The van der Waals surface area contributed by atoms with E-state index in [2.05, 4.69) is 30.4 Å². The molecule has 3 N–H and O–H groups in total. The second-order valence-corrected chi connectivity index (χ2v) is 10.1. The van der Waals surface area contributed by atoms with Crippen LogP contribution in [0.25, 0.3) is 28.3 Å². The topological polar surface area (TPSA) is 128 Å². The normalized spacial score (nSPS) is 20.0. The van der Waals surface area contributed by atoms with Crippen molar-refractivity contribution in [3.05, 3.63) is 48.4 Å². The summed E-state index contributed by atoms with van der Waals surface area (Å²) < 4.78 is 57.3. The van der Waals surface area contributed by atoms with Gasteiger partial charge >= 0.3 is 0 Å². The number of nitrogens with two attached hydrogens (primary N) is 1. The van der Waals surface area contributed by atoms with E-state index in [1.54, 1.807) is 29.3 Å². The quantitative estimate of drug-likeness (QED) is 0.301. The number of piperazine rings is 1. The highest BCUT2D eigenvalue weighted by Crippen LogP contribution is 2.31. The smallest absolute Gasteiger partial charge is 0.225 e. The van der Waals surface area contributed by atoms with E-state index in [4.69, 9.17) is 14.9 Å². The minimum atomic E-state index is -1.24. The minimum Gasteiger partial charge on any atom is -0.483 e. The number of aromatic nitrogens is 6. The molecule has 214 valence electrons. The van der Waals surface area contributed by atoms with E-state index in [9.17, 15) is 13.2 Å². The SMILES string of the molecule is Nc1nc2c(cnn2CCN2CCN(c3cc(O[C@H]4CNC[C@@H]4F)c(F)cc3F)CC2)c2nc(-c3ccco3)nn12. The van der Waals surface area contributed by atoms with Gasteiger partial charge in [-0.15, -0.1) is 5.10 Å². The van der Waals surface area contributed by atoms with E-state index in [-0.39, 0.29) is 30.5 Å². The number of furan rings is 1. The van der Waals surface area contributed by atoms with E-state index in [1.807, 2.05) is 4.90 Å². The van der Waals surface area contributed by atoms with Crippen LogP contribution in [0.15, 0.2) is 41.1 Å². The number of benzene rings is 1. The van der Waals surface area contributed by atoms with E-state index < -0.39 is 23.9 Å². The first-order valence-corrected chi connectivity index (χ1v) is 13.3. The molecule has 0 spiro atoms. The van der Waals surface area contributed by atoms with Gasteiger partial charge in [0.15, 0.2) is 34.8 Å². The van der Waals surface area contributed by atoms with Crippen LogP contribution in [0, 0.1) is 11.6 Å². The van der Waals surface area contributed by atoms with Crippen LogP contribution >= 0.6 is 0 Å². The van der Waals surface area contributed by atoms with Crippen LogP contribution < -0.4 is 20.7 Å². The summed E-state index contributed by atoms with van der Waals surface area (Å²) >= 11 is 0. The van der Waals surface area contributed by atoms with Gasteiger partial charge in [-0.25, -0.2) is 22.8 Å². The van der Waals surface area contributed by atoms with Crippen molar-refractivity contribution in [3.8, 4) is 17.3 Å². The molecule has 41 heavy (non-hydrogen) atoms. The average Bonchev–Trinajstić information content (AvgIpc) is 3.77. The van der Waals surface area contributed by atoms with Crippen LogP contribution in [0.2, 0.25) is 0 Å². The first-order chi connectivity index (χ1) is 19.9. The van der Waals surface area contributed by atoms with Crippen LogP contribution in [0.3, 0.4) is 0 Å². The molecule has 2 fully saturated rings. The molecule has 12 nitrogen and oxygen atoms in total. The number of hydrogen-bond donors (Lipinski definition) is 2. The van der Waals surface area contributed by atoms with Crippen LogP contribution in [0.4, 0.5) is 24.8 Å². The number of alkyl halides is 1. The third-order valence-electron chi connectivity index (χ3n) is 7.55. The number of nitrogens with one attached hydrogen (secondary N) is 1. The summed E-state index contributed by atoms with van der Waals surface area (Å²) in [6, 6.07) is 5.66. The largest absolute Gasteiger partial charge is 0.483 e. The molecule has 7 rings (SSSR count). The maximum absolute atomic E-state index is 14.7. The molecule has 6 heterocycles. The molecule has 2 atom stereocenters. The summed E-state index contributed by atoms with van der Waals surface area (Å²) in [5.41, 5.74) is 7.56.